The van der Waals surface area contributed by atoms with Crippen LogP contribution in [0.25, 0.3) is 0 Å². The van der Waals surface area contributed by atoms with E-state index in [4.69, 9.17) is 14.2 Å². The van der Waals surface area contributed by atoms with Crippen molar-refractivity contribution in [2.24, 2.45) is 4.99 Å². The average Bonchev–Trinajstić information content (AvgIpc) is 2.55. The van der Waals surface area contributed by atoms with Gasteiger partial charge in [-0.05, 0) is 6.92 Å². The molecule has 0 spiro atoms. The number of piperazine rings is 1. The molecule has 8 nitrogen and oxygen atoms in total. The maximum Gasteiger partial charge on any atom is 0.409 e. The van der Waals surface area contributed by atoms with Gasteiger partial charge in [-0.3, -0.25) is 4.99 Å². The largest absolute Gasteiger partial charge is 0.450 e. The molecule has 0 aliphatic carbocycles. The van der Waals surface area contributed by atoms with Crippen LogP contribution in [0.1, 0.15) is 6.92 Å². The molecule has 1 amide bonds. The van der Waals surface area contributed by atoms with Crippen molar-refractivity contribution < 1.29 is 19.0 Å². The summed E-state index contributed by atoms with van der Waals surface area (Å²) in [5, 5.41) is 3.26. The first-order valence-electron chi connectivity index (χ1n) is 7.66. The molecule has 0 unspecified atom stereocenters. The number of carbonyl (C=O) groups is 1. The molecule has 0 bridgehead atoms. The number of amides is 1. The van der Waals surface area contributed by atoms with Crippen LogP contribution in [0.5, 0.6) is 0 Å². The number of rotatable bonds is 7. The molecule has 0 saturated carbocycles. The van der Waals surface area contributed by atoms with E-state index in [1.807, 2.05) is 6.92 Å². The molecule has 0 atom stereocenters. The molecule has 9 heteroatoms. The van der Waals surface area contributed by atoms with E-state index in [0.717, 1.165) is 19.0 Å². The molecule has 0 aromatic rings. The van der Waals surface area contributed by atoms with E-state index in [2.05, 4.69) is 15.2 Å². The third kappa shape index (κ3) is 8.56. The van der Waals surface area contributed by atoms with Gasteiger partial charge < -0.3 is 29.3 Å². The van der Waals surface area contributed by atoms with Gasteiger partial charge in [0.2, 0.25) is 0 Å². The van der Waals surface area contributed by atoms with Crippen LogP contribution in [-0.4, -0.2) is 95.2 Å². The minimum Gasteiger partial charge on any atom is -0.450 e. The summed E-state index contributed by atoms with van der Waals surface area (Å²) in [6.45, 7) is 7.47. The fraction of sp³-hybridized carbons (Fsp3) is 0.857. The molecule has 1 aliphatic rings. The summed E-state index contributed by atoms with van der Waals surface area (Å²) in [5.41, 5.74) is 0. The second-order valence-electron chi connectivity index (χ2n) is 4.75. The smallest absolute Gasteiger partial charge is 0.409 e. The zero-order valence-corrected chi connectivity index (χ0v) is 16.6. The lowest BCUT2D eigenvalue weighted by atomic mass is 10.3. The van der Waals surface area contributed by atoms with Gasteiger partial charge in [0.25, 0.3) is 0 Å². The van der Waals surface area contributed by atoms with Crippen molar-refractivity contribution >= 4 is 36.0 Å². The number of methoxy groups -OCH3 is 1. The van der Waals surface area contributed by atoms with Gasteiger partial charge in [0.05, 0.1) is 26.4 Å². The minimum atomic E-state index is -0.239. The first-order chi connectivity index (χ1) is 10.7. The second-order valence-corrected chi connectivity index (χ2v) is 4.75. The van der Waals surface area contributed by atoms with Crippen molar-refractivity contribution in [3.8, 4) is 0 Å². The quantitative estimate of drug-likeness (QED) is 0.269. The number of hydrogen-bond acceptors (Lipinski definition) is 5. The van der Waals surface area contributed by atoms with Crippen molar-refractivity contribution in [2.45, 2.75) is 6.92 Å². The number of ether oxygens (including phenoxy) is 3. The molecule has 23 heavy (non-hydrogen) atoms. The van der Waals surface area contributed by atoms with E-state index in [1.54, 1.807) is 19.1 Å². The topological polar surface area (TPSA) is 75.6 Å². The van der Waals surface area contributed by atoms with Gasteiger partial charge in [0, 0.05) is 46.9 Å². The van der Waals surface area contributed by atoms with Gasteiger partial charge in [0.15, 0.2) is 5.96 Å². The third-order valence-electron chi connectivity index (χ3n) is 3.28. The number of nitrogens with zero attached hydrogens (tertiary/aromatic N) is 3. The van der Waals surface area contributed by atoms with E-state index >= 15 is 0 Å². The Kier molecular flexibility index (Phi) is 13.1. The number of carbonyl (C=O) groups excluding carboxylic acids is 1. The minimum absolute atomic E-state index is 0. The predicted octanol–water partition coefficient (Wildman–Crippen LogP) is 0.617. The molecule has 1 saturated heterocycles. The lowest BCUT2D eigenvalue weighted by Gasteiger charge is -2.35. The summed E-state index contributed by atoms with van der Waals surface area (Å²) < 4.78 is 15.3. The predicted molar refractivity (Wildman–Crippen MR) is 99.6 cm³/mol. The van der Waals surface area contributed by atoms with Crippen LogP contribution in [0.15, 0.2) is 4.99 Å². The van der Waals surface area contributed by atoms with Crippen molar-refractivity contribution in [2.75, 3.05) is 73.3 Å². The molecule has 0 aromatic heterocycles. The molecule has 1 heterocycles. The van der Waals surface area contributed by atoms with Crippen molar-refractivity contribution in [3.05, 3.63) is 0 Å². The summed E-state index contributed by atoms with van der Waals surface area (Å²) in [6.07, 6.45) is -0.239. The molecular weight excluding hydrogens is 415 g/mol. The van der Waals surface area contributed by atoms with Crippen LogP contribution in [0.2, 0.25) is 0 Å². The van der Waals surface area contributed by atoms with E-state index in [-0.39, 0.29) is 30.1 Å². The number of halogens is 1. The fourth-order valence-corrected chi connectivity index (χ4v) is 2.13. The van der Waals surface area contributed by atoms with Crippen molar-refractivity contribution in [1.82, 2.24) is 15.1 Å². The van der Waals surface area contributed by atoms with E-state index < -0.39 is 0 Å². The van der Waals surface area contributed by atoms with Crippen LogP contribution in [0.4, 0.5) is 4.79 Å². The molecule has 1 fully saturated rings. The highest BCUT2D eigenvalue weighted by atomic mass is 127. The lowest BCUT2D eigenvalue weighted by Crippen LogP contribution is -2.54. The first-order valence-corrected chi connectivity index (χ1v) is 7.66. The number of aliphatic imine (C=N–C) groups is 1. The van der Waals surface area contributed by atoms with Gasteiger partial charge in [-0.25, -0.2) is 4.79 Å². The molecular formula is C14H29IN4O4. The molecule has 1 rings (SSSR count). The highest BCUT2D eigenvalue weighted by Gasteiger charge is 2.23. The standard InChI is InChI=1S/C14H28N4O4.HI/c1-4-22-14(19)18-8-6-17(7-9-18)13(15-2)16-5-10-21-12-11-20-3;/h4-12H2,1-3H3,(H,15,16);1H. The zero-order valence-electron chi connectivity index (χ0n) is 14.2. The SMILES string of the molecule is CCOC(=O)N1CCN(C(=NC)NCCOCCOC)CC1.I. The monoisotopic (exact) mass is 444 g/mol. The van der Waals surface area contributed by atoms with Crippen molar-refractivity contribution in [1.29, 1.82) is 0 Å². The summed E-state index contributed by atoms with van der Waals surface area (Å²) in [5.74, 6) is 0.832. The second kappa shape index (κ2) is 13.6. The highest BCUT2D eigenvalue weighted by molar-refractivity contribution is 14.0. The number of nitrogens with one attached hydrogen (secondary N) is 1. The normalized spacial score (nSPS) is 15.2. The third-order valence-corrected chi connectivity index (χ3v) is 3.28. The van der Waals surface area contributed by atoms with E-state index in [0.29, 0.717) is 46.1 Å². The van der Waals surface area contributed by atoms with E-state index in [9.17, 15) is 4.79 Å². The molecule has 136 valence electrons. The van der Waals surface area contributed by atoms with Crippen LogP contribution < -0.4 is 5.32 Å². The average molecular weight is 444 g/mol. The Balaban J connectivity index is 0.00000484. The van der Waals surface area contributed by atoms with Gasteiger partial charge >= 0.3 is 6.09 Å². The van der Waals surface area contributed by atoms with Crippen LogP contribution >= 0.6 is 24.0 Å². The number of guanidine groups is 1. The van der Waals surface area contributed by atoms with Crippen LogP contribution in [-0.2, 0) is 14.2 Å². The zero-order chi connectivity index (χ0) is 16.2. The van der Waals surface area contributed by atoms with Gasteiger partial charge in [0.1, 0.15) is 0 Å². The lowest BCUT2D eigenvalue weighted by molar-refractivity contribution is 0.0727. The van der Waals surface area contributed by atoms with Gasteiger partial charge in [-0.15, -0.1) is 24.0 Å². The van der Waals surface area contributed by atoms with Gasteiger partial charge in [-0.1, -0.05) is 0 Å². The highest BCUT2D eigenvalue weighted by Crippen LogP contribution is 2.04. The Morgan fingerprint density at radius 2 is 1.78 bits per heavy atom. The molecule has 1 N–H and O–H groups in total. The first kappa shape index (κ1) is 22.2. The summed E-state index contributed by atoms with van der Waals surface area (Å²) in [6, 6.07) is 0. The Morgan fingerprint density at radius 1 is 1.13 bits per heavy atom. The Hall–Kier alpha value is -0.810. The summed E-state index contributed by atoms with van der Waals surface area (Å²) >= 11 is 0. The number of hydrogen-bond donors (Lipinski definition) is 1. The summed E-state index contributed by atoms with van der Waals surface area (Å²) in [7, 11) is 3.41. The maximum absolute atomic E-state index is 11.7. The molecule has 0 aromatic carbocycles. The fourth-order valence-electron chi connectivity index (χ4n) is 2.13. The van der Waals surface area contributed by atoms with Crippen LogP contribution in [0, 0.1) is 0 Å². The van der Waals surface area contributed by atoms with Gasteiger partial charge in [-0.2, -0.15) is 0 Å². The molecule has 0 radical (unpaired) electrons. The summed E-state index contributed by atoms with van der Waals surface area (Å²) in [4.78, 5) is 19.8. The Bertz CT molecular complexity index is 350. The van der Waals surface area contributed by atoms with Crippen LogP contribution in [0.3, 0.4) is 0 Å². The Labute approximate surface area is 155 Å². The molecule has 1 aliphatic heterocycles. The Morgan fingerprint density at radius 3 is 2.35 bits per heavy atom. The van der Waals surface area contributed by atoms with E-state index in [1.165, 1.54) is 0 Å². The maximum atomic E-state index is 11.7. The van der Waals surface area contributed by atoms with Crippen molar-refractivity contribution in [3.63, 3.8) is 0 Å².